The van der Waals surface area contributed by atoms with Crippen LogP contribution in [0.25, 0.3) is 0 Å². The Morgan fingerprint density at radius 1 is 1.21 bits per heavy atom. The van der Waals surface area contributed by atoms with Gasteiger partial charge in [-0.1, -0.05) is 0 Å². The first kappa shape index (κ1) is 10.4. The first-order chi connectivity index (χ1) is 6.74. The molecule has 0 amide bonds. The minimum absolute atomic E-state index is 0.285. The number of aliphatic hydroxyl groups is 1. The van der Waals surface area contributed by atoms with Crippen molar-refractivity contribution in [1.82, 2.24) is 0 Å². The van der Waals surface area contributed by atoms with E-state index in [1.165, 1.54) is 25.7 Å². The standard InChI is InChI=1S/C11H21NO2/c12-9-5-11(6-9)7-10(8-11)14-4-2-1-3-13/h9-10,13H,1-8,12H2. The van der Waals surface area contributed by atoms with Gasteiger partial charge in [0.15, 0.2) is 0 Å². The molecule has 0 aromatic rings. The average Bonchev–Trinajstić information content (AvgIpc) is 2.05. The maximum absolute atomic E-state index is 8.59. The summed E-state index contributed by atoms with van der Waals surface area (Å²) in [6.07, 6.45) is 7.20. The Morgan fingerprint density at radius 2 is 1.93 bits per heavy atom. The van der Waals surface area contributed by atoms with Gasteiger partial charge in [0, 0.05) is 19.3 Å². The lowest BCUT2D eigenvalue weighted by atomic mass is 9.53. The Morgan fingerprint density at radius 3 is 2.50 bits per heavy atom. The fraction of sp³-hybridized carbons (Fsp3) is 1.00. The molecular weight excluding hydrogens is 178 g/mol. The second kappa shape index (κ2) is 4.17. The number of hydrogen-bond donors (Lipinski definition) is 2. The van der Waals surface area contributed by atoms with Gasteiger partial charge >= 0.3 is 0 Å². The van der Waals surface area contributed by atoms with Crippen molar-refractivity contribution < 1.29 is 9.84 Å². The quantitative estimate of drug-likeness (QED) is 0.651. The Hall–Kier alpha value is -0.120. The van der Waals surface area contributed by atoms with E-state index in [1.807, 2.05) is 0 Å². The molecule has 3 N–H and O–H groups in total. The molecule has 0 atom stereocenters. The number of hydrogen-bond acceptors (Lipinski definition) is 3. The maximum Gasteiger partial charge on any atom is 0.0585 e. The molecule has 0 heterocycles. The zero-order valence-corrected chi connectivity index (χ0v) is 8.74. The molecule has 3 nitrogen and oxygen atoms in total. The van der Waals surface area contributed by atoms with E-state index in [1.54, 1.807) is 0 Å². The summed E-state index contributed by atoms with van der Waals surface area (Å²) in [6.45, 7) is 1.10. The van der Waals surface area contributed by atoms with Crippen molar-refractivity contribution in [1.29, 1.82) is 0 Å². The minimum Gasteiger partial charge on any atom is -0.396 e. The van der Waals surface area contributed by atoms with Crippen molar-refractivity contribution in [3.8, 4) is 0 Å². The van der Waals surface area contributed by atoms with Gasteiger partial charge in [-0.25, -0.2) is 0 Å². The summed E-state index contributed by atoms with van der Waals surface area (Å²) >= 11 is 0. The van der Waals surface area contributed by atoms with E-state index in [-0.39, 0.29) is 6.61 Å². The topological polar surface area (TPSA) is 55.5 Å². The first-order valence-electron chi connectivity index (χ1n) is 5.72. The van der Waals surface area contributed by atoms with E-state index < -0.39 is 0 Å². The maximum atomic E-state index is 8.59. The normalized spacial score (nSPS) is 40.7. The van der Waals surface area contributed by atoms with Crippen LogP contribution in [0.2, 0.25) is 0 Å². The smallest absolute Gasteiger partial charge is 0.0585 e. The summed E-state index contributed by atoms with van der Waals surface area (Å²) in [4.78, 5) is 0. The van der Waals surface area contributed by atoms with Crippen molar-refractivity contribution in [2.45, 2.75) is 50.7 Å². The fourth-order valence-electron chi connectivity index (χ4n) is 2.87. The van der Waals surface area contributed by atoms with Crippen LogP contribution in [0.5, 0.6) is 0 Å². The summed E-state index contributed by atoms with van der Waals surface area (Å²) in [7, 11) is 0. The summed E-state index contributed by atoms with van der Waals surface area (Å²) in [5.74, 6) is 0. The molecule has 0 bridgehead atoms. The Labute approximate surface area is 85.6 Å². The van der Waals surface area contributed by atoms with Gasteiger partial charge in [0.2, 0.25) is 0 Å². The highest BCUT2D eigenvalue weighted by molar-refractivity contribution is 5.05. The third-order valence-electron chi connectivity index (χ3n) is 3.62. The number of aliphatic hydroxyl groups excluding tert-OH is 1. The molecule has 0 saturated heterocycles. The highest BCUT2D eigenvalue weighted by atomic mass is 16.5. The highest BCUT2D eigenvalue weighted by Gasteiger charge is 2.52. The van der Waals surface area contributed by atoms with Gasteiger partial charge < -0.3 is 15.6 Å². The monoisotopic (exact) mass is 199 g/mol. The number of nitrogens with two attached hydrogens (primary N) is 1. The molecule has 3 heteroatoms. The summed E-state index contributed by atoms with van der Waals surface area (Å²) < 4.78 is 5.69. The largest absolute Gasteiger partial charge is 0.396 e. The van der Waals surface area contributed by atoms with Crippen LogP contribution in [0.4, 0.5) is 0 Å². The zero-order chi connectivity index (χ0) is 10.0. The molecule has 2 saturated carbocycles. The van der Waals surface area contributed by atoms with Crippen molar-refractivity contribution in [3.63, 3.8) is 0 Å². The number of ether oxygens (including phenoxy) is 1. The molecule has 0 aliphatic heterocycles. The van der Waals surface area contributed by atoms with Crippen LogP contribution in [0.15, 0.2) is 0 Å². The number of rotatable bonds is 5. The molecular formula is C11H21NO2. The molecule has 0 aromatic carbocycles. The van der Waals surface area contributed by atoms with Gasteiger partial charge in [-0.05, 0) is 43.9 Å². The highest BCUT2D eigenvalue weighted by Crippen LogP contribution is 2.56. The molecule has 1 spiro atoms. The van der Waals surface area contributed by atoms with Gasteiger partial charge in [0.1, 0.15) is 0 Å². The summed E-state index contributed by atoms with van der Waals surface area (Å²) in [5.41, 5.74) is 6.36. The third kappa shape index (κ3) is 2.10. The molecule has 0 unspecified atom stereocenters. The Balaban J connectivity index is 1.51. The van der Waals surface area contributed by atoms with Gasteiger partial charge in [0.05, 0.1) is 6.10 Å². The van der Waals surface area contributed by atoms with Crippen LogP contribution in [0, 0.1) is 5.41 Å². The van der Waals surface area contributed by atoms with Crippen LogP contribution in [-0.2, 0) is 4.74 Å². The van der Waals surface area contributed by atoms with Crippen LogP contribution in [-0.4, -0.2) is 30.5 Å². The average molecular weight is 199 g/mol. The first-order valence-corrected chi connectivity index (χ1v) is 5.72. The lowest BCUT2D eigenvalue weighted by Crippen LogP contribution is -2.55. The molecule has 0 aromatic heterocycles. The van der Waals surface area contributed by atoms with E-state index in [2.05, 4.69) is 0 Å². The van der Waals surface area contributed by atoms with Gasteiger partial charge in [-0.15, -0.1) is 0 Å². The Kier molecular flexibility index (Phi) is 3.10. The van der Waals surface area contributed by atoms with Crippen LogP contribution < -0.4 is 5.73 Å². The third-order valence-corrected chi connectivity index (χ3v) is 3.62. The molecule has 82 valence electrons. The van der Waals surface area contributed by atoms with Crippen molar-refractivity contribution in [2.75, 3.05) is 13.2 Å². The lowest BCUT2D eigenvalue weighted by Gasteiger charge is -2.56. The minimum atomic E-state index is 0.285. The number of unbranched alkanes of at least 4 members (excludes halogenated alkanes) is 1. The molecule has 2 aliphatic rings. The molecule has 2 rings (SSSR count). The lowest BCUT2D eigenvalue weighted by molar-refractivity contribution is -0.124. The van der Waals surface area contributed by atoms with E-state index in [0.717, 1.165) is 19.4 Å². The van der Waals surface area contributed by atoms with E-state index in [0.29, 0.717) is 17.6 Å². The van der Waals surface area contributed by atoms with Crippen LogP contribution in [0.1, 0.15) is 38.5 Å². The second-order valence-electron chi connectivity index (χ2n) is 5.00. The molecule has 0 radical (unpaired) electrons. The molecule has 2 aliphatic carbocycles. The van der Waals surface area contributed by atoms with Gasteiger partial charge in [-0.2, -0.15) is 0 Å². The van der Waals surface area contributed by atoms with E-state index >= 15 is 0 Å². The van der Waals surface area contributed by atoms with Gasteiger partial charge in [0.25, 0.3) is 0 Å². The van der Waals surface area contributed by atoms with Crippen molar-refractivity contribution in [2.24, 2.45) is 11.1 Å². The predicted octanol–water partition coefficient (Wildman–Crippen LogP) is 1.05. The van der Waals surface area contributed by atoms with Gasteiger partial charge in [-0.3, -0.25) is 0 Å². The van der Waals surface area contributed by atoms with Crippen molar-refractivity contribution in [3.05, 3.63) is 0 Å². The molecule has 14 heavy (non-hydrogen) atoms. The SMILES string of the molecule is NC1CC2(C1)CC(OCCCCO)C2. The van der Waals surface area contributed by atoms with Crippen LogP contribution >= 0.6 is 0 Å². The van der Waals surface area contributed by atoms with Crippen molar-refractivity contribution >= 4 is 0 Å². The Bertz CT molecular complexity index is 182. The zero-order valence-electron chi connectivity index (χ0n) is 8.74. The van der Waals surface area contributed by atoms with E-state index in [9.17, 15) is 0 Å². The predicted molar refractivity (Wildman–Crippen MR) is 54.9 cm³/mol. The van der Waals surface area contributed by atoms with E-state index in [4.69, 9.17) is 15.6 Å². The fourth-order valence-corrected chi connectivity index (χ4v) is 2.87. The van der Waals surface area contributed by atoms with Crippen LogP contribution in [0.3, 0.4) is 0 Å². The summed E-state index contributed by atoms with van der Waals surface area (Å²) in [5, 5.41) is 8.59. The summed E-state index contributed by atoms with van der Waals surface area (Å²) in [6, 6.07) is 0.463. The molecule has 2 fully saturated rings. The second-order valence-corrected chi connectivity index (χ2v) is 5.00.